The van der Waals surface area contributed by atoms with Crippen molar-refractivity contribution in [2.75, 3.05) is 17.4 Å². The molecule has 0 fully saturated rings. The molecule has 0 aliphatic rings. The third-order valence-electron chi connectivity index (χ3n) is 8.03. The SMILES string of the molecule is Cc1ccc(S(=O)(=O)N(CC(=O)N(Cc2ccc(Cl)c(Cl)c2)[C@@H](Cc2ccccc2)C(=O)NCC(C)C)c2cccc(C)c2C)cc1. The van der Waals surface area contributed by atoms with Gasteiger partial charge in [-0.15, -0.1) is 0 Å². The second-order valence-corrected chi connectivity index (χ2v) is 14.8. The maximum absolute atomic E-state index is 14.7. The number of halogens is 2. The average molecular weight is 695 g/mol. The highest BCUT2D eigenvalue weighted by Crippen LogP contribution is 2.30. The topological polar surface area (TPSA) is 86.8 Å². The number of hydrogen-bond acceptors (Lipinski definition) is 4. The van der Waals surface area contributed by atoms with Gasteiger partial charge in [0.1, 0.15) is 12.6 Å². The Morgan fingerprint density at radius 2 is 1.49 bits per heavy atom. The highest BCUT2D eigenvalue weighted by Gasteiger charge is 2.35. The lowest BCUT2D eigenvalue weighted by molar-refractivity contribution is -0.140. The van der Waals surface area contributed by atoms with Crippen molar-refractivity contribution in [1.29, 1.82) is 0 Å². The number of rotatable bonds is 13. The van der Waals surface area contributed by atoms with Crippen molar-refractivity contribution < 1.29 is 18.0 Å². The van der Waals surface area contributed by atoms with Crippen molar-refractivity contribution in [2.24, 2.45) is 5.92 Å². The zero-order valence-corrected chi connectivity index (χ0v) is 29.7. The molecule has 0 bridgehead atoms. The fourth-order valence-electron chi connectivity index (χ4n) is 5.17. The lowest BCUT2D eigenvalue weighted by Gasteiger charge is -2.34. The van der Waals surface area contributed by atoms with E-state index in [1.54, 1.807) is 42.5 Å². The first-order valence-electron chi connectivity index (χ1n) is 15.5. The van der Waals surface area contributed by atoms with Gasteiger partial charge in [-0.05, 0) is 79.3 Å². The number of hydrogen-bond donors (Lipinski definition) is 1. The molecule has 0 heterocycles. The smallest absolute Gasteiger partial charge is 0.264 e. The standard InChI is InChI=1S/C37H41Cl2N3O4S/c1-25(2)22-40-37(44)35(21-29-11-7-6-8-12-29)41(23-30-16-19-32(38)33(39)20-30)36(43)24-42(34-13-9-10-27(4)28(34)5)47(45,46)31-17-14-26(3)15-18-31/h6-20,25,35H,21-24H2,1-5H3,(H,40,44)/t35-/m0/s1. The number of benzene rings is 4. The Kier molecular flexibility index (Phi) is 12.1. The number of nitrogens with one attached hydrogen (secondary N) is 1. The molecule has 0 aliphatic carbocycles. The van der Waals surface area contributed by atoms with E-state index in [9.17, 15) is 18.0 Å². The Hall–Kier alpha value is -3.85. The van der Waals surface area contributed by atoms with Crippen LogP contribution in [-0.2, 0) is 32.6 Å². The Morgan fingerprint density at radius 1 is 0.809 bits per heavy atom. The van der Waals surface area contributed by atoms with Crippen molar-refractivity contribution >= 4 is 50.7 Å². The minimum absolute atomic E-state index is 0.00641. The molecule has 4 aromatic carbocycles. The largest absolute Gasteiger partial charge is 0.354 e. The minimum Gasteiger partial charge on any atom is -0.354 e. The number of amides is 2. The number of carbonyl (C=O) groups is 2. The van der Waals surface area contributed by atoms with Gasteiger partial charge in [0.2, 0.25) is 11.8 Å². The van der Waals surface area contributed by atoms with E-state index in [0.717, 1.165) is 26.6 Å². The van der Waals surface area contributed by atoms with Crippen molar-refractivity contribution in [2.45, 2.75) is 58.5 Å². The van der Waals surface area contributed by atoms with E-state index in [2.05, 4.69) is 5.32 Å². The van der Waals surface area contributed by atoms with Crippen LogP contribution in [0.3, 0.4) is 0 Å². The minimum atomic E-state index is -4.20. The van der Waals surface area contributed by atoms with Crippen LogP contribution in [0.15, 0.2) is 95.9 Å². The maximum Gasteiger partial charge on any atom is 0.264 e. The van der Waals surface area contributed by atoms with E-state index in [1.807, 2.05) is 71.0 Å². The van der Waals surface area contributed by atoms with Gasteiger partial charge in [0.05, 0.1) is 20.6 Å². The Labute approximate surface area is 288 Å². The summed E-state index contributed by atoms with van der Waals surface area (Å²) in [6.45, 7) is 9.45. The number of anilines is 1. The summed E-state index contributed by atoms with van der Waals surface area (Å²) >= 11 is 12.6. The molecule has 1 N–H and O–H groups in total. The predicted octanol–water partition coefficient (Wildman–Crippen LogP) is 7.53. The van der Waals surface area contributed by atoms with E-state index in [-0.39, 0.29) is 29.7 Å². The van der Waals surface area contributed by atoms with Gasteiger partial charge in [0.15, 0.2) is 0 Å². The molecule has 0 saturated heterocycles. The highest BCUT2D eigenvalue weighted by molar-refractivity contribution is 7.92. The van der Waals surface area contributed by atoms with Gasteiger partial charge in [-0.2, -0.15) is 0 Å². The van der Waals surface area contributed by atoms with Gasteiger partial charge in [0.25, 0.3) is 10.0 Å². The quantitative estimate of drug-likeness (QED) is 0.157. The van der Waals surface area contributed by atoms with Gasteiger partial charge in [-0.1, -0.05) is 103 Å². The molecule has 4 rings (SSSR count). The zero-order chi connectivity index (χ0) is 34.3. The summed E-state index contributed by atoms with van der Waals surface area (Å²) < 4.78 is 29.8. The molecular formula is C37H41Cl2N3O4S. The Morgan fingerprint density at radius 3 is 2.13 bits per heavy atom. The third kappa shape index (κ3) is 9.15. The molecule has 7 nitrogen and oxygen atoms in total. The molecule has 10 heteroatoms. The Bertz CT molecular complexity index is 1810. The monoisotopic (exact) mass is 693 g/mol. The summed E-state index contributed by atoms with van der Waals surface area (Å²) in [6.07, 6.45) is 0.214. The first-order valence-corrected chi connectivity index (χ1v) is 17.7. The lowest BCUT2D eigenvalue weighted by Crippen LogP contribution is -2.53. The molecule has 0 aliphatic heterocycles. The van der Waals surface area contributed by atoms with Crippen LogP contribution >= 0.6 is 23.2 Å². The molecular weight excluding hydrogens is 653 g/mol. The van der Waals surface area contributed by atoms with E-state index in [1.165, 1.54) is 17.0 Å². The summed E-state index contributed by atoms with van der Waals surface area (Å²) in [4.78, 5) is 30.1. The van der Waals surface area contributed by atoms with Crippen molar-refractivity contribution in [1.82, 2.24) is 10.2 Å². The van der Waals surface area contributed by atoms with E-state index in [4.69, 9.17) is 23.2 Å². The molecule has 4 aromatic rings. The van der Waals surface area contributed by atoms with Crippen LogP contribution in [0.25, 0.3) is 0 Å². The normalized spacial score (nSPS) is 12.1. The van der Waals surface area contributed by atoms with Crippen LogP contribution in [0.1, 0.15) is 41.7 Å². The predicted molar refractivity (Wildman–Crippen MR) is 190 cm³/mol. The number of aryl methyl sites for hydroxylation is 2. The maximum atomic E-state index is 14.7. The second kappa shape index (κ2) is 15.8. The van der Waals surface area contributed by atoms with E-state index >= 15 is 0 Å². The van der Waals surface area contributed by atoms with E-state index in [0.29, 0.717) is 27.8 Å². The first kappa shape index (κ1) is 36.0. The van der Waals surface area contributed by atoms with Crippen LogP contribution in [0, 0.1) is 26.7 Å². The molecule has 0 spiro atoms. The summed E-state index contributed by atoms with van der Waals surface area (Å²) in [5.41, 5.74) is 4.38. The molecule has 0 unspecified atom stereocenters. The fraction of sp³-hybridized carbons (Fsp3) is 0.297. The molecule has 0 radical (unpaired) electrons. The molecule has 47 heavy (non-hydrogen) atoms. The number of carbonyl (C=O) groups excluding carboxylic acids is 2. The van der Waals surface area contributed by atoms with E-state index < -0.39 is 28.5 Å². The van der Waals surface area contributed by atoms with Gasteiger partial charge in [-0.3, -0.25) is 13.9 Å². The van der Waals surface area contributed by atoms with Crippen LogP contribution in [0.2, 0.25) is 10.0 Å². The summed E-state index contributed by atoms with van der Waals surface area (Å²) in [6, 6.07) is 25.4. The first-order chi connectivity index (χ1) is 22.3. The van der Waals surface area contributed by atoms with Gasteiger partial charge in [-0.25, -0.2) is 8.42 Å². The summed E-state index contributed by atoms with van der Waals surface area (Å²) in [5.74, 6) is -0.709. The molecule has 0 saturated carbocycles. The van der Waals surface area contributed by atoms with Crippen LogP contribution in [-0.4, -0.2) is 44.3 Å². The average Bonchev–Trinajstić information content (AvgIpc) is 3.04. The Balaban J connectivity index is 1.84. The molecule has 2 amide bonds. The van der Waals surface area contributed by atoms with Crippen molar-refractivity contribution in [3.05, 3.63) is 129 Å². The number of sulfonamides is 1. The summed E-state index contributed by atoms with van der Waals surface area (Å²) in [7, 11) is -4.20. The van der Waals surface area contributed by atoms with Gasteiger partial charge in [0, 0.05) is 19.5 Å². The van der Waals surface area contributed by atoms with Crippen LogP contribution in [0.4, 0.5) is 5.69 Å². The second-order valence-electron chi connectivity index (χ2n) is 12.2. The molecule has 1 atom stereocenters. The van der Waals surface area contributed by atoms with Crippen LogP contribution < -0.4 is 9.62 Å². The van der Waals surface area contributed by atoms with Crippen molar-refractivity contribution in [3.63, 3.8) is 0 Å². The van der Waals surface area contributed by atoms with Crippen molar-refractivity contribution in [3.8, 4) is 0 Å². The summed E-state index contributed by atoms with van der Waals surface area (Å²) in [5, 5.41) is 3.66. The zero-order valence-electron chi connectivity index (χ0n) is 27.3. The highest BCUT2D eigenvalue weighted by atomic mass is 35.5. The van der Waals surface area contributed by atoms with Gasteiger partial charge < -0.3 is 10.2 Å². The fourth-order valence-corrected chi connectivity index (χ4v) is 6.96. The van der Waals surface area contributed by atoms with Gasteiger partial charge >= 0.3 is 0 Å². The molecule has 248 valence electrons. The van der Waals surface area contributed by atoms with Crippen LogP contribution in [0.5, 0.6) is 0 Å². The third-order valence-corrected chi connectivity index (χ3v) is 10.5. The number of nitrogens with zero attached hydrogens (tertiary/aromatic N) is 2. The lowest BCUT2D eigenvalue weighted by atomic mass is 10.0. The molecule has 0 aromatic heterocycles.